The summed E-state index contributed by atoms with van der Waals surface area (Å²) in [6, 6.07) is 8.46. The molecule has 0 radical (unpaired) electrons. The SMILES string of the molecule is Cc1cc(C)cc(NC(=O)C(=O)NC[C@@H](O)c2c(F)cccc2F)c1. The average Bonchev–Trinajstić information content (AvgIpc) is 2.51. The van der Waals surface area contributed by atoms with Gasteiger partial charge in [-0.05, 0) is 49.2 Å². The summed E-state index contributed by atoms with van der Waals surface area (Å²) in [6.45, 7) is 3.20. The van der Waals surface area contributed by atoms with Gasteiger partial charge in [0.25, 0.3) is 0 Å². The summed E-state index contributed by atoms with van der Waals surface area (Å²) in [5, 5.41) is 14.4. The van der Waals surface area contributed by atoms with E-state index in [-0.39, 0.29) is 0 Å². The Hall–Kier alpha value is -2.80. The van der Waals surface area contributed by atoms with Crippen LogP contribution in [0.3, 0.4) is 0 Å². The number of benzene rings is 2. The molecule has 2 aromatic carbocycles. The lowest BCUT2D eigenvalue weighted by atomic mass is 10.1. The molecule has 0 saturated heterocycles. The first-order valence-electron chi connectivity index (χ1n) is 7.57. The van der Waals surface area contributed by atoms with Gasteiger partial charge in [0, 0.05) is 12.2 Å². The number of anilines is 1. The number of hydrogen-bond donors (Lipinski definition) is 3. The number of aryl methyl sites for hydroxylation is 2. The van der Waals surface area contributed by atoms with Crippen molar-refractivity contribution in [2.45, 2.75) is 20.0 Å². The third kappa shape index (κ3) is 4.84. The van der Waals surface area contributed by atoms with Crippen LogP contribution in [0, 0.1) is 25.5 Å². The van der Waals surface area contributed by atoms with E-state index in [1.807, 2.05) is 19.9 Å². The third-order valence-corrected chi connectivity index (χ3v) is 3.47. The van der Waals surface area contributed by atoms with Crippen LogP contribution in [0.15, 0.2) is 36.4 Å². The van der Waals surface area contributed by atoms with Crippen molar-refractivity contribution in [3.63, 3.8) is 0 Å². The van der Waals surface area contributed by atoms with E-state index in [9.17, 15) is 23.5 Å². The van der Waals surface area contributed by atoms with Gasteiger partial charge in [-0.25, -0.2) is 8.78 Å². The molecule has 0 aromatic heterocycles. The van der Waals surface area contributed by atoms with Gasteiger partial charge in [-0.1, -0.05) is 12.1 Å². The molecular weight excluding hydrogens is 330 g/mol. The van der Waals surface area contributed by atoms with Crippen LogP contribution in [0.25, 0.3) is 0 Å². The number of nitrogens with one attached hydrogen (secondary N) is 2. The van der Waals surface area contributed by atoms with Crippen molar-refractivity contribution >= 4 is 17.5 Å². The molecule has 0 aliphatic rings. The van der Waals surface area contributed by atoms with Crippen LogP contribution in [-0.2, 0) is 9.59 Å². The van der Waals surface area contributed by atoms with E-state index in [0.29, 0.717) is 5.69 Å². The Bertz CT molecular complexity index is 768. The number of amides is 2. The van der Waals surface area contributed by atoms with Crippen LogP contribution in [-0.4, -0.2) is 23.5 Å². The Morgan fingerprint density at radius 3 is 2.16 bits per heavy atom. The molecule has 132 valence electrons. The highest BCUT2D eigenvalue weighted by atomic mass is 19.1. The molecule has 25 heavy (non-hydrogen) atoms. The maximum Gasteiger partial charge on any atom is 0.313 e. The van der Waals surface area contributed by atoms with E-state index < -0.39 is 41.7 Å². The normalized spacial score (nSPS) is 11.7. The molecule has 0 heterocycles. The molecule has 2 rings (SSSR count). The molecular formula is C18H18F2N2O3. The molecule has 0 aliphatic carbocycles. The standard InChI is InChI=1S/C18H18F2N2O3/c1-10-6-11(2)8-12(7-10)22-18(25)17(24)21-9-15(23)16-13(19)4-3-5-14(16)20/h3-8,15,23H,9H2,1-2H3,(H,21,24)(H,22,25)/t15-/m1/s1. The summed E-state index contributed by atoms with van der Waals surface area (Å²) < 4.78 is 27.1. The smallest absolute Gasteiger partial charge is 0.313 e. The fourth-order valence-corrected chi connectivity index (χ4v) is 2.44. The zero-order valence-electron chi connectivity index (χ0n) is 13.8. The predicted molar refractivity (Wildman–Crippen MR) is 88.9 cm³/mol. The van der Waals surface area contributed by atoms with Gasteiger partial charge >= 0.3 is 11.8 Å². The summed E-state index contributed by atoms with van der Waals surface area (Å²) in [5.74, 6) is -3.82. The minimum Gasteiger partial charge on any atom is -0.386 e. The van der Waals surface area contributed by atoms with Gasteiger partial charge in [0.05, 0.1) is 5.56 Å². The fourth-order valence-electron chi connectivity index (χ4n) is 2.44. The zero-order chi connectivity index (χ0) is 18.6. The largest absolute Gasteiger partial charge is 0.386 e. The lowest BCUT2D eigenvalue weighted by molar-refractivity contribution is -0.136. The second-order valence-corrected chi connectivity index (χ2v) is 5.69. The molecule has 0 saturated carbocycles. The van der Waals surface area contributed by atoms with Crippen LogP contribution in [0.2, 0.25) is 0 Å². The molecule has 0 spiro atoms. The van der Waals surface area contributed by atoms with Crippen LogP contribution >= 0.6 is 0 Å². The molecule has 3 N–H and O–H groups in total. The number of aliphatic hydroxyl groups is 1. The zero-order valence-corrected chi connectivity index (χ0v) is 13.8. The molecule has 0 bridgehead atoms. The van der Waals surface area contributed by atoms with Crippen LogP contribution in [0.5, 0.6) is 0 Å². The van der Waals surface area contributed by atoms with Crippen molar-refractivity contribution in [2.24, 2.45) is 0 Å². The van der Waals surface area contributed by atoms with E-state index >= 15 is 0 Å². The first-order valence-corrected chi connectivity index (χ1v) is 7.57. The highest BCUT2D eigenvalue weighted by Gasteiger charge is 2.20. The van der Waals surface area contributed by atoms with E-state index in [4.69, 9.17) is 0 Å². The van der Waals surface area contributed by atoms with E-state index in [1.165, 1.54) is 0 Å². The number of hydrogen-bond acceptors (Lipinski definition) is 3. The molecule has 1 atom stereocenters. The van der Waals surface area contributed by atoms with E-state index in [0.717, 1.165) is 29.3 Å². The van der Waals surface area contributed by atoms with Crippen LogP contribution in [0.4, 0.5) is 14.5 Å². The number of rotatable bonds is 4. The highest BCUT2D eigenvalue weighted by Crippen LogP contribution is 2.20. The lowest BCUT2D eigenvalue weighted by Gasteiger charge is -2.14. The maximum absolute atomic E-state index is 13.6. The van der Waals surface area contributed by atoms with Crippen LogP contribution in [0.1, 0.15) is 22.8 Å². The minimum absolute atomic E-state index is 0.457. The van der Waals surface area contributed by atoms with Gasteiger partial charge in [0.15, 0.2) is 0 Å². The summed E-state index contributed by atoms with van der Waals surface area (Å²) in [4.78, 5) is 23.7. The van der Waals surface area contributed by atoms with Gasteiger partial charge in [-0.3, -0.25) is 9.59 Å². The first kappa shape index (κ1) is 18.5. The average molecular weight is 348 g/mol. The molecule has 0 fully saturated rings. The minimum atomic E-state index is -1.61. The Labute approximate surface area is 143 Å². The summed E-state index contributed by atoms with van der Waals surface area (Å²) >= 11 is 0. The third-order valence-electron chi connectivity index (χ3n) is 3.47. The molecule has 0 unspecified atom stereocenters. The quantitative estimate of drug-likeness (QED) is 0.743. The molecule has 2 amide bonds. The van der Waals surface area contributed by atoms with Gasteiger partial charge < -0.3 is 15.7 Å². The van der Waals surface area contributed by atoms with Crippen molar-refractivity contribution in [2.75, 3.05) is 11.9 Å². The number of carbonyl (C=O) groups excluding carboxylic acids is 2. The predicted octanol–water partition coefficient (Wildman–Crippen LogP) is 2.37. The second-order valence-electron chi connectivity index (χ2n) is 5.69. The molecule has 5 nitrogen and oxygen atoms in total. The summed E-state index contributed by atoms with van der Waals surface area (Å²) in [6.07, 6.45) is -1.61. The van der Waals surface area contributed by atoms with Crippen molar-refractivity contribution in [3.8, 4) is 0 Å². The first-order chi connectivity index (χ1) is 11.8. The monoisotopic (exact) mass is 348 g/mol. The maximum atomic E-state index is 13.6. The van der Waals surface area contributed by atoms with Gasteiger partial charge in [-0.2, -0.15) is 0 Å². The number of carbonyl (C=O) groups is 2. The molecule has 2 aromatic rings. The second kappa shape index (κ2) is 7.85. The van der Waals surface area contributed by atoms with Crippen molar-refractivity contribution in [1.82, 2.24) is 5.32 Å². The molecule has 7 heteroatoms. The Balaban J connectivity index is 1.96. The highest BCUT2D eigenvalue weighted by molar-refractivity contribution is 6.39. The summed E-state index contributed by atoms with van der Waals surface area (Å²) in [7, 11) is 0. The number of aliphatic hydroxyl groups excluding tert-OH is 1. The van der Waals surface area contributed by atoms with E-state index in [1.54, 1.807) is 12.1 Å². The van der Waals surface area contributed by atoms with Gasteiger partial charge in [0.2, 0.25) is 0 Å². The molecule has 0 aliphatic heterocycles. The lowest BCUT2D eigenvalue weighted by Crippen LogP contribution is -2.37. The topological polar surface area (TPSA) is 78.4 Å². The van der Waals surface area contributed by atoms with Crippen molar-refractivity contribution < 1.29 is 23.5 Å². The summed E-state index contributed by atoms with van der Waals surface area (Å²) in [5.41, 5.74) is 1.73. The van der Waals surface area contributed by atoms with Gasteiger partial charge in [-0.15, -0.1) is 0 Å². The van der Waals surface area contributed by atoms with Crippen LogP contribution < -0.4 is 10.6 Å². The fraction of sp³-hybridized carbons (Fsp3) is 0.222. The van der Waals surface area contributed by atoms with E-state index in [2.05, 4.69) is 10.6 Å². The number of halogens is 2. The Morgan fingerprint density at radius 1 is 1.04 bits per heavy atom. The van der Waals surface area contributed by atoms with Gasteiger partial charge in [0.1, 0.15) is 17.7 Å². The Kier molecular flexibility index (Phi) is 5.82. The van der Waals surface area contributed by atoms with Crippen molar-refractivity contribution in [1.29, 1.82) is 0 Å². The van der Waals surface area contributed by atoms with Crippen molar-refractivity contribution in [3.05, 3.63) is 64.7 Å². The Morgan fingerprint density at radius 2 is 1.60 bits per heavy atom.